The predicted molar refractivity (Wildman–Crippen MR) is 300 cm³/mol. The maximum absolute atomic E-state index is 9.90. The van der Waals surface area contributed by atoms with Gasteiger partial charge in [0.15, 0.2) is 0 Å². The van der Waals surface area contributed by atoms with Crippen LogP contribution in [-0.4, -0.2) is 14.1 Å². The molecule has 0 N–H and O–H groups in total. The third-order valence-corrected chi connectivity index (χ3v) is 14.3. The topological polar surface area (TPSA) is 49.0 Å². The summed E-state index contributed by atoms with van der Waals surface area (Å²) in [7, 11) is 0. The molecule has 0 fully saturated rings. The molecule has 9 aromatic carbocycles. The Kier molecular flexibility index (Phi) is 8.88. The van der Waals surface area contributed by atoms with Crippen molar-refractivity contribution in [2.24, 2.45) is 0 Å². The largest absolute Gasteiger partial charge is 0.510 e. The van der Waals surface area contributed by atoms with Crippen LogP contribution in [0.25, 0.3) is 116 Å². The maximum Gasteiger partial charge on any atom is 0.268 e. The molecule has 0 saturated carbocycles. The van der Waals surface area contributed by atoms with E-state index in [9.17, 15) is 6.85 Å². The maximum atomic E-state index is 9.90. The van der Waals surface area contributed by atoms with Crippen molar-refractivity contribution in [1.29, 1.82) is 0 Å². The van der Waals surface area contributed by atoms with Crippen molar-refractivity contribution in [3.63, 3.8) is 0 Å². The Bertz CT molecular complexity index is 4930. The van der Waals surface area contributed by atoms with Crippen LogP contribution in [0, 0.1) is 18.5 Å². The molecule has 0 radical (unpaired) electrons. The molecule has 0 unspecified atom stereocenters. The average molecular weight is 1160 g/mol. The van der Waals surface area contributed by atoms with Crippen molar-refractivity contribution in [3.8, 4) is 73.2 Å². The summed E-state index contributed by atoms with van der Waals surface area (Å²) in [5.74, 6) is 1.59. The molecule has 1 aliphatic rings. The molecule has 1 aliphatic heterocycles. The summed E-state index contributed by atoms with van der Waals surface area (Å²) in [5.41, 5.74) is 8.97. The van der Waals surface area contributed by atoms with Gasteiger partial charge >= 0.3 is 0 Å². The fourth-order valence-electron chi connectivity index (χ4n) is 10.6. The summed E-state index contributed by atoms with van der Waals surface area (Å²) in [6.07, 6.45) is 5.56. The van der Waals surface area contributed by atoms with Crippen LogP contribution in [0.4, 0.5) is 0 Å². The van der Waals surface area contributed by atoms with E-state index in [2.05, 4.69) is 94.9 Å². The monoisotopic (exact) mass is 1160 g/mol. The van der Waals surface area contributed by atoms with Gasteiger partial charge in [-0.15, -0.1) is 29.7 Å². The van der Waals surface area contributed by atoms with Crippen molar-refractivity contribution in [3.05, 3.63) is 224 Å². The second-order valence-corrected chi connectivity index (χ2v) is 21.0. The molecule has 4 aromatic heterocycles. The number of pyridine rings is 1. The molecule has 0 atom stereocenters. The fraction of sp³-hybridized carbons (Fsp3) is 0.118. The molecule has 0 spiro atoms. The molecule has 0 amide bonds. The van der Waals surface area contributed by atoms with E-state index in [-0.39, 0.29) is 60.8 Å². The Balaban J connectivity index is 0.00000645. The van der Waals surface area contributed by atoms with E-state index in [4.69, 9.17) is 18.3 Å². The standard InChI is InChI=1S/C68H50N4O2.Pt/c1-67(2,3)43-33-34-69-64(38-43)72-59-26-13-11-23-52(59)53-31-30-47(40-61(53)72)73-46-18-15-17-45(39-46)70-41-71-65-56(42-29-32-63-57(35-42)54-24-12-14-28-62(54)74-63)36-44(68(4,5)6)37-58(65)51-22-10-8-20-49(51)48-19-7-9-21-50(48)55-25-16-27-60(70)66(55)71;/h7-38H,1-6H3;/q-2;/i7D,8D,9D,10D,19D,20D,21D,22D;. The van der Waals surface area contributed by atoms with Gasteiger partial charge in [-0.3, -0.25) is 4.57 Å². The van der Waals surface area contributed by atoms with Crippen molar-refractivity contribution in [1.82, 2.24) is 14.1 Å². The zero-order valence-electron chi connectivity index (χ0n) is 49.8. The van der Waals surface area contributed by atoms with Gasteiger partial charge in [0, 0.05) is 55.1 Å². The number of fused-ring (bicyclic) bond motifs is 13. The van der Waals surface area contributed by atoms with E-state index in [0.29, 0.717) is 56.2 Å². The first-order valence-electron chi connectivity index (χ1n) is 28.7. The second-order valence-electron chi connectivity index (χ2n) is 21.0. The molecular formula is C68H50N4O2Pt-2. The van der Waals surface area contributed by atoms with Gasteiger partial charge in [0.05, 0.1) is 27.7 Å². The normalized spacial score (nSPS) is 13.8. The average Bonchev–Trinajstić information content (AvgIpc) is 2.29. The summed E-state index contributed by atoms with van der Waals surface area (Å²) < 4.78 is 94.6. The number of furan rings is 1. The Morgan fingerprint density at radius 1 is 0.547 bits per heavy atom. The number of hydrogen-bond acceptors (Lipinski definition) is 3. The van der Waals surface area contributed by atoms with Crippen molar-refractivity contribution in [2.45, 2.75) is 52.4 Å². The SMILES string of the molecule is [2H]c1c([2H])c([2H])c2c(c1[2H])-c1cc(C(C)(C)C)cc(-c3ccc4oc5ccccc5c4c3)c1-[n+]1[c-]n(-c3[c-]c(Oc4[c-]c5c(cc4)c4ccccc4n5-c4cc(C(C)(C)C)ccn4)ccc3)c3cccc(c31)-c1c([2H])c([2H])c([2H])c([2H])c1-2.[Pt]. The van der Waals surface area contributed by atoms with E-state index in [0.717, 1.165) is 60.7 Å². The quantitative estimate of drug-likeness (QED) is 0.127. The third-order valence-electron chi connectivity index (χ3n) is 14.3. The summed E-state index contributed by atoms with van der Waals surface area (Å²) in [6, 6.07) is 48.8. The first kappa shape index (κ1) is 38.3. The zero-order chi connectivity index (χ0) is 57.0. The minimum absolute atomic E-state index is 0. The van der Waals surface area contributed by atoms with Gasteiger partial charge in [0.2, 0.25) is 0 Å². The second kappa shape index (κ2) is 17.4. The van der Waals surface area contributed by atoms with Crippen LogP contribution in [0.3, 0.4) is 0 Å². The number of nitrogens with zero attached hydrogens (tertiary/aromatic N) is 4. The van der Waals surface area contributed by atoms with E-state index in [1.54, 1.807) is 6.07 Å². The molecule has 0 bridgehead atoms. The number of ether oxygens (including phenoxy) is 1. The van der Waals surface area contributed by atoms with Crippen LogP contribution < -0.4 is 9.30 Å². The zero-order valence-corrected chi connectivity index (χ0v) is 44.1. The van der Waals surface area contributed by atoms with Gasteiger partial charge in [-0.2, -0.15) is 18.2 Å². The molecule has 366 valence electrons. The Morgan fingerprint density at radius 2 is 1.20 bits per heavy atom. The van der Waals surface area contributed by atoms with Gasteiger partial charge in [-0.1, -0.05) is 168 Å². The van der Waals surface area contributed by atoms with Crippen molar-refractivity contribution < 1.29 is 45.8 Å². The van der Waals surface area contributed by atoms with Crippen LogP contribution in [-0.2, 0) is 31.9 Å². The van der Waals surface area contributed by atoms with Gasteiger partial charge in [-0.25, -0.2) is 4.98 Å². The number of imidazole rings is 1. The summed E-state index contributed by atoms with van der Waals surface area (Å²) in [4.78, 5) is 4.86. The molecule has 5 heterocycles. The first-order chi connectivity index (χ1) is 39.3. The minimum atomic E-state index is -0.536. The number of para-hydroxylation sites is 3. The smallest absolute Gasteiger partial charge is 0.268 e. The van der Waals surface area contributed by atoms with Gasteiger partial charge in [0.25, 0.3) is 6.33 Å². The van der Waals surface area contributed by atoms with Crippen LogP contribution in [0.2, 0.25) is 0 Å². The Morgan fingerprint density at radius 3 is 1.97 bits per heavy atom. The molecule has 13 aromatic rings. The van der Waals surface area contributed by atoms with Crippen molar-refractivity contribution in [2.75, 3.05) is 0 Å². The minimum Gasteiger partial charge on any atom is -0.510 e. The molecular weight excluding hydrogens is 1100 g/mol. The predicted octanol–water partition coefficient (Wildman–Crippen LogP) is 17.1. The van der Waals surface area contributed by atoms with E-state index >= 15 is 0 Å². The number of hydrogen-bond donors (Lipinski definition) is 0. The van der Waals surface area contributed by atoms with Crippen LogP contribution in [0.15, 0.2) is 198 Å². The van der Waals surface area contributed by atoms with Gasteiger partial charge in [0.1, 0.15) is 17.0 Å². The van der Waals surface area contributed by atoms with Gasteiger partial charge in [-0.05, 0) is 114 Å². The summed E-state index contributed by atoms with van der Waals surface area (Å²) in [6.45, 7) is 12.8. The fourth-order valence-corrected chi connectivity index (χ4v) is 10.6. The summed E-state index contributed by atoms with van der Waals surface area (Å²) in [5, 5.41) is 3.83. The van der Waals surface area contributed by atoms with E-state index in [1.807, 2.05) is 118 Å². The van der Waals surface area contributed by atoms with Crippen LogP contribution in [0.1, 0.15) is 63.6 Å². The summed E-state index contributed by atoms with van der Waals surface area (Å²) >= 11 is 0. The van der Waals surface area contributed by atoms with Crippen LogP contribution in [0.5, 0.6) is 11.5 Å². The first-order valence-corrected chi connectivity index (χ1v) is 24.7. The molecule has 14 rings (SSSR count). The Hall–Kier alpha value is -8.31. The molecule has 7 heteroatoms. The number of benzene rings is 9. The number of rotatable bonds is 5. The molecule has 0 saturated heterocycles. The van der Waals surface area contributed by atoms with E-state index in [1.165, 1.54) is 0 Å². The third kappa shape index (κ3) is 7.56. The molecule has 75 heavy (non-hydrogen) atoms. The molecule has 6 nitrogen and oxygen atoms in total. The molecule has 0 aliphatic carbocycles. The number of aromatic nitrogens is 4. The van der Waals surface area contributed by atoms with E-state index < -0.39 is 41.7 Å². The van der Waals surface area contributed by atoms with Crippen molar-refractivity contribution >= 4 is 54.8 Å². The van der Waals surface area contributed by atoms with Gasteiger partial charge < -0.3 is 18.3 Å². The Labute approximate surface area is 461 Å². The van der Waals surface area contributed by atoms with Crippen LogP contribution >= 0.6 is 0 Å².